The second-order valence-corrected chi connectivity index (χ2v) is 7.74. The number of methoxy groups -OCH3 is 1. The van der Waals surface area contributed by atoms with Crippen molar-refractivity contribution in [1.82, 2.24) is 0 Å². The number of carbonyl (C=O) groups excluding carboxylic acids is 2. The van der Waals surface area contributed by atoms with Crippen LogP contribution in [0.5, 0.6) is 17.2 Å². The van der Waals surface area contributed by atoms with Crippen molar-refractivity contribution in [1.29, 1.82) is 0 Å². The Morgan fingerprint density at radius 2 is 1.93 bits per heavy atom. The summed E-state index contributed by atoms with van der Waals surface area (Å²) in [4.78, 5) is 25.0. The number of Topliss-reactive ketones (excluding diaryl/α,β-unsaturated/α-hetero) is 1. The highest BCUT2D eigenvalue weighted by Crippen LogP contribution is 2.36. The van der Waals surface area contributed by atoms with Crippen LogP contribution >= 0.6 is 27.5 Å². The van der Waals surface area contributed by atoms with Gasteiger partial charge in [0.2, 0.25) is 5.78 Å². The van der Waals surface area contributed by atoms with Crippen molar-refractivity contribution in [3.63, 3.8) is 0 Å². The molecule has 3 aromatic rings. The Labute approximate surface area is 186 Å². The van der Waals surface area contributed by atoms with Gasteiger partial charge in [-0.25, -0.2) is 4.79 Å². The van der Waals surface area contributed by atoms with Gasteiger partial charge in [-0.1, -0.05) is 33.6 Å². The molecule has 150 valence electrons. The first-order valence-electron chi connectivity index (χ1n) is 8.84. The van der Waals surface area contributed by atoms with E-state index < -0.39 is 5.97 Å². The molecule has 0 radical (unpaired) electrons. The summed E-state index contributed by atoms with van der Waals surface area (Å²) in [7, 11) is 1.55. The zero-order valence-corrected chi connectivity index (χ0v) is 18.0. The van der Waals surface area contributed by atoms with Crippen LogP contribution in [-0.2, 0) is 0 Å². The van der Waals surface area contributed by atoms with Crippen LogP contribution in [0.3, 0.4) is 0 Å². The molecule has 1 heterocycles. The van der Waals surface area contributed by atoms with E-state index in [0.717, 1.165) is 4.47 Å². The van der Waals surface area contributed by atoms with Crippen LogP contribution in [0, 0.1) is 0 Å². The van der Waals surface area contributed by atoms with Crippen molar-refractivity contribution in [2.45, 2.75) is 0 Å². The Kier molecular flexibility index (Phi) is 5.61. The Morgan fingerprint density at radius 1 is 1.10 bits per heavy atom. The fourth-order valence-electron chi connectivity index (χ4n) is 2.97. The van der Waals surface area contributed by atoms with Gasteiger partial charge in [0.15, 0.2) is 5.76 Å². The standard InChI is InChI=1S/C23H14BrClO5/c1-28-19-8-5-15(24)9-14(19)11-21-22(26)18-7-6-17(12-20(18)30-21)29-23(27)13-3-2-4-16(25)10-13/h2-12H,1H3/b21-11-. The summed E-state index contributed by atoms with van der Waals surface area (Å²) in [6.45, 7) is 0. The Hall–Kier alpha value is -3.09. The van der Waals surface area contributed by atoms with E-state index in [4.69, 9.17) is 25.8 Å². The molecule has 0 bridgehead atoms. The van der Waals surface area contributed by atoms with Gasteiger partial charge in [-0.3, -0.25) is 4.79 Å². The molecule has 1 aliphatic heterocycles. The Morgan fingerprint density at radius 3 is 2.70 bits per heavy atom. The molecular formula is C23H14BrClO5. The number of halogens is 2. The van der Waals surface area contributed by atoms with Gasteiger partial charge < -0.3 is 14.2 Å². The normalized spacial score (nSPS) is 13.7. The van der Waals surface area contributed by atoms with E-state index >= 15 is 0 Å². The predicted molar refractivity (Wildman–Crippen MR) is 116 cm³/mol. The number of rotatable bonds is 4. The van der Waals surface area contributed by atoms with Crippen molar-refractivity contribution in [2.24, 2.45) is 0 Å². The highest BCUT2D eigenvalue weighted by molar-refractivity contribution is 9.10. The summed E-state index contributed by atoms with van der Waals surface area (Å²) in [5.41, 5.74) is 1.40. The minimum absolute atomic E-state index is 0.153. The molecule has 7 heteroatoms. The third-order valence-corrected chi connectivity index (χ3v) is 5.12. The zero-order valence-electron chi connectivity index (χ0n) is 15.6. The molecule has 4 rings (SSSR count). The second kappa shape index (κ2) is 8.34. The molecule has 1 aliphatic rings. The van der Waals surface area contributed by atoms with Gasteiger partial charge in [0, 0.05) is 21.1 Å². The van der Waals surface area contributed by atoms with E-state index in [1.54, 1.807) is 49.6 Å². The molecule has 0 unspecified atom stereocenters. The largest absolute Gasteiger partial charge is 0.496 e. The molecule has 0 N–H and O–H groups in total. The van der Waals surface area contributed by atoms with E-state index in [1.807, 2.05) is 12.1 Å². The van der Waals surface area contributed by atoms with E-state index in [1.165, 1.54) is 12.1 Å². The molecule has 0 atom stereocenters. The lowest BCUT2D eigenvalue weighted by atomic mass is 10.1. The molecule has 0 aromatic heterocycles. The first-order chi connectivity index (χ1) is 14.4. The Balaban J connectivity index is 1.59. The predicted octanol–water partition coefficient (Wildman–Crippen LogP) is 5.95. The molecule has 0 saturated heterocycles. The first kappa shape index (κ1) is 20.2. The maximum Gasteiger partial charge on any atom is 0.343 e. The van der Waals surface area contributed by atoms with Crippen molar-refractivity contribution in [3.05, 3.63) is 92.6 Å². The highest BCUT2D eigenvalue weighted by Gasteiger charge is 2.28. The maximum absolute atomic E-state index is 12.7. The third-order valence-electron chi connectivity index (χ3n) is 4.39. The fraction of sp³-hybridized carbons (Fsp3) is 0.0435. The Bertz CT molecular complexity index is 1200. The molecule has 3 aromatic carbocycles. The molecule has 30 heavy (non-hydrogen) atoms. The van der Waals surface area contributed by atoms with Gasteiger partial charge in [-0.05, 0) is 54.6 Å². The summed E-state index contributed by atoms with van der Waals surface area (Å²) in [6.07, 6.45) is 1.61. The van der Waals surface area contributed by atoms with Crippen molar-refractivity contribution >= 4 is 45.4 Å². The molecular weight excluding hydrogens is 472 g/mol. The van der Waals surface area contributed by atoms with Crippen molar-refractivity contribution in [2.75, 3.05) is 7.11 Å². The van der Waals surface area contributed by atoms with Gasteiger partial charge >= 0.3 is 5.97 Å². The maximum atomic E-state index is 12.7. The van der Waals surface area contributed by atoms with E-state index in [9.17, 15) is 9.59 Å². The number of hydrogen-bond acceptors (Lipinski definition) is 5. The van der Waals surface area contributed by atoms with Crippen LogP contribution < -0.4 is 14.2 Å². The topological polar surface area (TPSA) is 61.8 Å². The molecule has 0 aliphatic carbocycles. The van der Waals surface area contributed by atoms with Crippen LogP contribution in [-0.4, -0.2) is 18.9 Å². The van der Waals surface area contributed by atoms with E-state index in [0.29, 0.717) is 33.2 Å². The minimum Gasteiger partial charge on any atom is -0.496 e. The number of carbonyl (C=O) groups is 2. The number of allylic oxidation sites excluding steroid dienone is 1. The van der Waals surface area contributed by atoms with E-state index in [2.05, 4.69) is 15.9 Å². The number of ketones is 1. The molecule has 5 nitrogen and oxygen atoms in total. The fourth-order valence-corrected chi connectivity index (χ4v) is 3.54. The lowest BCUT2D eigenvalue weighted by Gasteiger charge is -2.06. The average Bonchev–Trinajstić information content (AvgIpc) is 3.03. The summed E-state index contributed by atoms with van der Waals surface area (Å²) in [5.74, 6) is 0.509. The van der Waals surface area contributed by atoms with Crippen molar-refractivity contribution < 1.29 is 23.8 Å². The molecule has 0 amide bonds. The van der Waals surface area contributed by atoms with Crippen LogP contribution in [0.4, 0.5) is 0 Å². The number of hydrogen-bond donors (Lipinski definition) is 0. The zero-order chi connectivity index (χ0) is 21.3. The van der Waals surface area contributed by atoms with Gasteiger partial charge in [0.25, 0.3) is 0 Å². The summed E-state index contributed by atoms with van der Waals surface area (Å²) >= 11 is 9.32. The summed E-state index contributed by atoms with van der Waals surface area (Å²) in [5, 5.41) is 0.435. The summed E-state index contributed by atoms with van der Waals surface area (Å²) < 4.78 is 17.3. The molecule has 0 spiro atoms. The number of ether oxygens (including phenoxy) is 3. The van der Waals surface area contributed by atoms with Crippen LogP contribution in [0.2, 0.25) is 5.02 Å². The first-order valence-corrected chi connectivity index (χ1v) is 10.0. The minimum atomic E-state index is -0.559. The number of fused-ring (bicyclic) bond motifs is 1. The lowest BCUT2D eigenvalue weighted by molar-refractivity contribution is 0.0734. The SMILES string of the molecule is COc1ccc(Br)cc1/C=C1\Oc2cc(OC(=O)c3cccc(Cl)c3)ccc2C1=O. The van der Waals surface area contributed by atoms with Crippen LogP contribution in [0.1, 0.15) is 26.3 Å². The van der Waals surface area contributed by atoms with Crippen LogP contribution in [0.25, 0.3) is 6.08 Å². The molecule has 0 saturated carbocycles. The van der Waals surface area contributed by atoms with Gasteiger partial charge in [0.05, 0.1) is 18.2 Å². The monoisotopic (exact) mass is 484 g/mol. The van der Waals surface area contributed by atoms with Crippen LogP contribution in [0.15, 0.2) is 70.9 Å². The third kappa shape index (κ3) is 4.10. The smallest absolute Gasteiger partial charge is 0.343 e. The van der Waals surface area contributed by atoms with Gasteiger partial charge in [-0.2, -0.15) is 0 Å². The summed E-state index contributed by atoms with van der Waals surface area (Å²) in [6, 6.07) is 16.5. The van der Waals surface area contributed by atoms with Crippen molar-refractivity contribution in [3.8, 4) is 17.2 Å². The average molecular weight is 486 g/mol. The number of benzene rings is 3. The number of esters is 1. The molecule has 0 fully saturated rings. The van der Waals surface area contributed by atoms with E-state index in [-0.39, 0.29) is 17.3 Å². The lowest BCUT2D eigenvalue weighted by Crippen LogP contribution is -2.08. The highest BCUT2D eigenvalue weighted by atomic mass is 79.9. The quantitative estimate of drug-likeness (QED) is 0.260. The van der Waals surface area contributed by atoms with Gasteiger partial charge in [-0.15, -0.1) is 0 Å². The van der Waals surface area contributed by atoms with Gasteiger partial charge in [0.1, 0.15) is 17.2 Å². The second-order valence-electron chi connectivity index (χ2n) is 6.38.